The van der Waals surface area contributed by atoms with Crippen molar-refractivity contribution in [3.63, 3.8) is 0 Å². The van der Waals surface area contributed by atoms with Crippen molar-refractivity contribution in [2.75, 3.05) is 7.11 Å². The van der Waals surface area contributed by atoms with Crippen LogP contribution >= 0.6 is 0 Å². The van der Waals surface area contributed by atoms with Gasteiger partial charge < -0.3 is 4.74 Å². The van der Waals surface area contributed by atoms with Crippen LogP contribution < -0.4 is 0 Å². The van der Waals surface area contributed by atoms with Gasteiger partial charge in [-0.2, -0.15) is 0 Å². The molecule has 0 saturated carbocycles. The van der Waals surface area contributed by atoms with Gasteiger partial charge in [0, 0.05) is 6.42 Å². The molecule has 0 spiro atoms. The van der Waals surface area contributed by atoms with Crippen LogP contribution in [0, 0.1) is 5.92 Å². The molecule has 0 amide bonds. The maximum atomic E-state index is 11.1. The predicted octanol–water partition coefficient (Wildman–Crippen LogP) is 3.94. The summed E-state index contributed by atoms with van der Waals surface area (Å²) in [6, 6.07) is 0. The molecule has 90 valence electrons. The first kappa shape index (κ1) is 14.5. The van der Waals surface area contributed by atoms with Gasteiger partial charge in [0.2, 0.25) is 0 Å². The largest absolute Gasteiger partial charge is 0.469 e. The lowest BCUT2D eigenvalue weighted by atomic mass is 9.95. The van der Waals surface area contributed by atoms with Crippen LogP contribution in [-0.2, 0) is 9.53 Å². The molecule has 0 aromatic heterocycles. The molecule has 0 heterocycles. The van der Waals surface area contributed by atoms with E-state index < -0.39 is 0 Å². The van der Waals surface area contributed by atoms with Crippen LogP contribution in [0.25, 0.3) is 0 Å². The van der Waals surface area contributed by atoms with Crippen molar-refractivity contribution in [3.8, 4) is 0 Å². The van der Waals surface area contributed by atoms with E-state index in [-0.39, 0.29) is 5.97 Å². The lowest BCUT2D eigenvalue weighted by Crippen LogP contribution is -2.09. The number of hydrogen-bond acceptors (Lipinski definition) is 2. The van der Waals surface area contributed by atoms with Crippen LogP contribution in [0.1, 0.15) is 65.2 Å². The molecule has 1 unspecified atom stereocenters. The summed E-state index contributed by atoms with van der Waals surface area (Å²) in [6.07, 6.45) is 9.40. The maximum Gasteiger partial charge on any atom is 0.305 e. The normalized spacial score (nSPS) is 12.5. The van der Waals surface area contributed by atoms with E-state index in [9.17, 15) is 4.79 Å². The Labute approximate surface area is 94.4 Å². The quantitative estimate of drug-likeness (QED) is 0.429. The van der Waals surface area contributed by atoms with Crippen LogP contribution in [-0.4, -0.2) is 13.1 Å². The predicted molar refractivity (Wildman–Crippen MR) is 63.8 cm³/mol. The molecule has 0 aliphatic heterocycles. The second-order valence-corrected chi connectivity index (χ2v) is 4.26. The van der Waals surface area contributed by atoms with Gasteiger partial charge in [0.15, 0.2) is 0 Å². The lowest BCUT2D eigenvalue weighted by molar-refractivity contribution is -0.141. The van der Waals surface area contributed by atoms with Crippen molar-refractivity contribution < 1.29 is 9.53 Å². The topological polar surface area (TPSA) is 26.3 Å². The number of esters is 1. The Kier molecular flexibility index (Phi) is 9.65. The fourth-order valence-electron chi connectivity index (χ4n) is 1.81. The van der Waals surface area contributed by atoms with E-state index in [4.69, 9.17) is 0 Å². The summed E-state index contributed by atoms with van der Waals surface area (Å²) in [5, 5.41) is 0. The Morgan fingerprint density at radius 1 is 1.13 bits per heavy atom. The van der Waals surface area contributed by atoms with Crippen molar-refractivity contribution in [2.24, 2.45) is 5.92 Å². The maximum absolute atomic E-state index is 11.1. The molecule has 0 rings (SSSR count). The number of rotatable bonds is 9. The van der Waals surface area contributed by atoms with E-state index in [1.807, 2.05) is 0 Å². The average molecular weight is 214 g/mol. The summed E-state index contributed by atoms with van der Waals surface area (Å²) in [5.74, 6) is 0.467. The van der Waals surface area contributed by atoms with Gasteiger partial charge in [-0.1, -0.05) is 52.4 Å². The zero-order valence-corrected chi connectivity index (χ0v) is 10.6. The third-order valence-corrected chi connectivity index (χ3v) is 2.98. The highest BCUT2D eigenvalue weighted by atomic mass is 16.5. The number of ether oxygens (including phenoxy) is 1. The lowest BCUT2D eigenvalue weighted by Gasteiger charge is -2.12. The van der Waals surface area contributed by atoms with E-state index in [2.05, 4.69) is 18.6 Å². The van der Waals surface area contributed by atoms with E-state index in [0.717, 1.165) is 6.42 Å². The molecule has 0 N–H and O–H groups in total. The SMILES string of the molecule is CCCCCCCC(CC)CC(=O)OC. The number of unbranched alkanes of at least 4 members (excludes halogenated alkanes) is 4. The standard InChI is InChI=1S/C13H26O2/c1-4-6-7-8-9-10-12(5-2)11-13(14)15-3/h12H,4-11H2,1-3H3. The van der Waals surface area contributed by atoms with Gasteiger partial charge >= 0.3 is 5.97 Å². The first-order chi connectivity index (χ1) is 7.24. The minimum atomic E-state index is -0.0598. The Morgan fingerprint density at radius 2 is 1.80 bits per heavy atom. The van der Waals surface area contributed by atoms with Gasteiger partial charge in [0.05, 0.1) is 7.11 Å². The summed E-state index contributed by atoms with van der Waals surface area (Å²) in [7, 11) is 1.47. The second-order valence-electron chi connectivity index (χ2n) is 4.26. The van der Waals surface area contributed by atoms with Crippen LogP contribution in [0.4, 0.5) is 0 Å². The molecule has 0 aromatic carbocycles. The molecule has 15 heavy (non-hydrogen) atoms. The molecule has 0 bridgehead atoms. The highest BCUT2D eigenvalue weighted by Gasteiger charge is 2.11. The highest BCUT2D eigenvalue weighted by Crippen LogP contribution is 2.18. The molecule has 1 atom stereocenters. The van der Waals surface area contributed by atoms with E-state index in [0.29, 0.717) is 12.3 Å². The molecule has 0 aromatic rings. The zero-order valence-electron chi connectivity index (χ0n) is 10.6. The summed E-state index contributed by atoms with van der Waals surface area (Å²) in [6.45, 7) is 4.38. The Morgan fingerprint density at radius 3 is 2.33 bits per heavy atom. The molecule has 0 radical (unpaired) electrons. The molecule has 2 heteroatoms. The van der Waals surface area contributed by atoms with Gasteiger partial charge in [-0.25, -0.2) is 0 Å². The molecule has 0 aliphatic carbocycles. The molecule has 0 fully saturated rings. The van der Waals surface area contributed by atoms with Crippen molar-refractivity contribution >= 4 is 5.97 Å². The zero-order chi connectivity index (χ0) is 11.5. The first-order valence-electron chi connectivity index (χ1n) is 6.31. The second kappa shape index (κ2) is 10.0. The Hall–Kier alpha value is -0.530. The first-order valence-corrected chi connectivity index (χ1v) is 6.31. The molecule has 0 saturated heterocycles. The number of methoxy groups -OCH3 is 1. The minimum Gasteiger partial charge on any atom is -0.469 e. The van der Waals surface area contributed by atoms with Crippen LogP contribution in [0.5, 0.6) is 0 Å². The molecular formula is C13H26O2. The smallest absolute Gasteiger partial charge is 0.305 e. The summed E-state index contributed by atoms with van der Waals surface area (Å²) < 4.78 is 4.69. The van der Waals surface area contributed by atoms with Gasteiger partial charge in [-0.05, 0) is 12.3 Å². The number of carbonyl (C=O) groups is 1. The number of carbonyl (C=O) groups excluding carboxylic acids is 1. The molecular weight excluding hydrogens is 188 g/mol. The van der Waals surface area contributed by atoms with E-state index >= 15 is 0 Å². The van der Waals surface area contributed by atoms with Gasteiger partial charge in [0.25, 0.3) is 0 Å². The average Bonchev–Trinajstić information content (AvgIpc) is 2.26. The van der Waals surface area contributed by atoms with E-state index in [1.165, 1.54) is 45.6 Å². The van der Waals surface area contributed by atoms with Crippen LogP contribution in [0.3, 0.4) is 0 Å². The third kappa shape index (κ3) is 8.46. The fourth-order valence-corrected chi connectivity index (χ4v) is 1.81. The Balaban J connectivity index is 3.48. The highest BCUT2D eigenvalue weighted by molar-refractivity contribution is 5.69. The van der Waals surface area contributed by atoms with Crippen LogP contribution in [0.15, 0.2) is 0 Å². The van der Waals surface area contributed by atoms with E-state index in [1.54, 1.807) is 0 Å². The summed E-state index contributed by atoms with van der Waals surface area (Å²) >= 11 is 0. The third-order valence-electron chi connectivity index (χ3n) is 2.98. The van der Waals surface area contributed by atoms with Gasteiger partial charge in [0.1, 0.15) is 0 Å². The fraction of sp³-hybridized carbons (Fsp3) is 0.923. The van der Waals surface area contributed by atoms with Crippen molar-refractivity contribution in [1.29, 1.82) is 0 Å². The van der Waals surface area contributed by atoms with Gasteiger partial charge in [-0.3, -0.25) is 4.79 Å². The van der Waals surface area contributed by atoms with Gasteiger partial charge in [-0.15, -0.1) is 0 Å². The monoisotopic (exact) mass is 214 g/mol. The van der Waals surface area contributed by atoms with Crippen molar-refractivity contribution in [2.45, 2.75) is 65.2 Å². The van der Waals surface area contributed by atoms with Crippen LogP contribution in [0.2, 0.25) is 0 Å². The molecule has 0 aliphatic rings. The Bertz CT molecular complexity index is 155. The summed E-state index contributed by atoms with van der Waals surface area (Å²) in [5.41, 5.74) is 0. The molecule has 2 nitrogen and oxygen atoms in total. The summed E-state index contributed by atoms with van der Waals surface area (Å²) in [4.78, 5) is 11.1. The minimum absolute atomic E-state index is 0.0598. The van der Waals surface area contributed by atoms with Crippen molar-refractivity contribution in [1.82, 2.24) is 0 Å². The van der Waals surface area contributed by atoms with Crippen molar-refractivity contribution in [3.05, 3.63) is 0 Å². The number of hydrogen-bond donors (Lipinski definition) is 0.